The van der Waals surface area contributed by atoms with Gasteiger partial charge in [-0.05, 0) is 63.6 Å². The van der Waals surface area contributed by atoms with Crippen LogP contribution in [0.5, 0.6) is 11.5 Å². The van der Waals surface area contributed by atoms with Crippen LogP contribution < -0.4 is 4.74 Å². The van der Waals surface area contributed by atoms with Gasteiger partial charge in [-0.1, -0.05) is 0 Å². The Morgan fingerprint density at radius 1 is 1.39 bits per heavy atom. The highest BCUT2D eigenvalue weighted by molar-refractivity contribution is 5.53. The quantitative estimate of drug-likeness (QED) is 0.867. The fraction of sp³-hybridized carbons (Fsp3) is 0.600. The first-order chi connectivity index (χ1) is 8.47. The summed E-state index contributed by atoms with van der Waals surface area (Å²) in [4.78, 5) is 0. The molecule has 3 heteroatoms. The Hall–Kier alpha value is -1.22. The zero-order valence-corrected chi connectivity index (χ0v) is 11.4. The van der Waals surface area contributed by atoms with Gasteiger partial charge < -0.3 is 14.9 Å². The molecule has 1 aromatic rings. The number of aryl methyl sites for hydroxylation is 1. The Balaban J connectivity index is 2.32. The normalized spacial score (nSPS) is 22.4. The number of phenols is 1. The number of ether oxygens (including phenoxy) is 1. The molecule has 0 spiro atoms. The number of aliphatic hydroxyl groups is 1. The molecule has 1 heterocycles. The van der Waals surface area contributed by atoms with Crippen LogP contribution >= 0.6 is 0 Å². The summed E-state index contributed by atoms with van der Waals surface area (Å²) in [6.45, 7) is 6.22. The number of benzene rings is 1. The van der Waals surface area contributed by atoms with Crippen molar-refractivity contribution >= 4 is 0 Å². The molecule has 1 aliphatic heterocycles. The van der Waals surface area contributed by atoms with E-state index in [0.717, 1.165) is 48.1 Å². The molecule has 0 saturated carbocycles. The third-order valence-electron chi connectivity index (χ3n) is 3.94. The van der Waals surface area contributed by atoms with Crippen LogP contribution in [0.2, 0.25) is 0 Å². The van der Waals surface area contributed by atoms with Crippen LogP contribution in [0, 0.1) is 13.8 Å². The fourth-order valence-electron chi connectivity index (χ4n) is 2.70. The summed E-state index contributed by atoms with van der Waals surface area (Å²) in [6.07, 6.45) is 3.49. The summed E-state index contributed by atoms with van der Waals surface area (Å²) in [5.41, 5.74) is 2.86. The Kier molecular flexibility index (Phi) is 3.53. The van der Waals surface area contributed by atoms with Crippen LogP contribution in [-0.2, 0) is 6.42 Å². The van der Waals surface area contributed by atoms with Crippen LogP contribution in [0.3, 0.4) is 0 Å². The predicted molar refractivity (Wildman–Crippen MR) is 71.3 cm³/mol. The smallest absolute Gasteiger partial charge is 0.126 e. The van der Waals surface area contributed by atoms with E-state index in [1.54, 1.807) is 6.07 Å². The predicted octanol–water partition coefficient (Wildman–Crippen LogP) is 2.87. The third kappa shape index (κ3) is 2.32. The lowest BCUT2D eigenvalue weighted by Crippen LogP contribution is -2.37. The van der Waals surface area contributed by atoms with Crippen LogP contribution in [0.1, 0.15) is 42.9 Å². The molecule has 100 valence electrons. The van der Waals surface area contributed by atoms with Gasteiger partial charge in [0.25, 0.3) is 0 Å². The SMILES string of the molecule is Cc1cc(O)c(C)c2c1OC(C)(CCCO)CC2. The number of hydrogen-bond acceptors (Lipinski definition) is 3. The maximum absolute atomic E-state index is 9.84. The molecule has 1 aliphatic rings. The molecule has 0 fully saturated rings. The number of fused-ring (bicyclic) bond motifs is 1. The molecule has 18 heavy (non-hydrogen) atoms. The standard InChI is InChI=1S/C15H22O3/c1-10-9-13(17)11(2)12-5-7-15(3,6-4-8-16)18-14(10)12/h9,16-17H,4-8H2,1-3H3. The maximum atomic E-state index is 9.84. The van der Waals surface area contributed by atoms with Crippen molar-refractivity contribution in [1.82, 2.24) is 0 Å². The molecule has 1 aromatic carbocycles. The minimum atomic E-state index is -0.191. The summed E-state index contributed by atoms with van der Waals surface area (Å²) in [5, 5.41) is 18.8. The van der Waals surface area contributed by atoms with Gasteiger partial charge in [-0.25, -0.2) is 0 Å². The summed E-state index contributed by atoms with van der Waals surface area (Å²) >= 11 is 0. The Morgan fingerprint density at radius 3 is 2.78 bits per heavy atom. The average Bonchev–Trinajstić information content (AvgIpc) is 2.34. The maximum Gasteiger partial charge on any atom is 0.126 e. The molecule has 1 unspecified atom stereocenters. The molecular weight excluding hydrogens is 228 g/mol. The van der Waals surface area contributed by atoms with Gasteiger partial charge in [0.05, 0.1) is 0 Å². The van der Waals surface area contributed by atoms with Crippen molar-refractivity contribution in [2.75, 3.05) is 6.61 Å². The highest BCUT2D eigenvalue weighted by atomic mass is 16.5. The number of phenolic OH excluding ortho intramolecular Hbond substituents is 1. The summed E-state index contributed by atoms with van der Waals surface area (Å²) in [7, 11) is 0. The van der Waals surface area contributed by atoms with Crippen molar-refractivity contribution in [3.05, 3.63) is 22.8 Å². The van der Waals surface area contributed by atoms with Crippen molar-refractivity contribution in [2.45, 2.75) is 52.1 Å². The highest BCUT2D eigenvalue weighted by Crippen LogP contribution is 2.42. The Morgan fingerprint density at radius 2 is 2.11 bits per heavy atom. The van der Waals surface area contributed by atoms with Gasteiger partial charge in [0.15, 0.2) is 0 Å². The Labute approximate surface area is 108 Å². The van der Waals surface area contributed by atoms with Gasteiger partial charge in [0.1, 0.15) is 17.1 Å². The molecule has 3 nitrogen and oxygen atoms in total. The van der Waals surface area contributed by atoms with Crippen molar-refractivity contribution in [3.63, 3.8) is 0 Å². The Bertz CT molecular complexity index is 454. The van der Waals surface area contributed by atoms with Gasteiger partial charge in [-0.2, -0.15) is 0 Å². The molecule has 0 radical (unpaired) electrons. The van der Waals surface area contributed by atoms with Crippen molar-refractivity contribution < 1.29 is 14.9 Å². The molecule has 0 bridgehead atoms. The lowest BCUT2D eigenvalue weighted by Gasteiger charge is -2.37. The number of rotatable bonds is 3. The molecule has 0 aliphatic carbocycles. The van der Waals surface area contributed by atoms with E-state index in [4.69, 9.17) is 9.84 Å². The van der Waals surface area contributed by atoms with Crippen molar-refractivity contribution in [2.24, 2.45) is 0 Å². The van der Waals surface area contributed by atoms with E-state index in [1.807, 2.05) is 13.8 Å². The van der Waals surface area contributed by atoms with E-state index in [-0.39, 0.29) is 12.2 Å². The van der Waals surface area contributed by atoms with E-state index in [0.29, 0.717) is 5.75 Å². The topological polar surface area (TPSA) is 49.7 Å². The zero-order valence-electron chi connectivity index (χ0n) is 11.4. The van der Waals surface area contributed by atoms with Gasteiger partial charge in [-0.15, -0.1) is 0 Å². The molecule has 2 N–H and O–H groups in total. The summed E-state index contributed by atoms with van der Waals surface area (Å²) in [5.74, 6) is 1.28. The first-order valence-electron chi connectivity index (χ1n) is 6.59. The molecule has 0 saturated heterocycles. The second-order valence-electron chi connectivity index (χ2n) is 5.52. The monoisotopic (exact) mass is 250 g/mol. The van der Waals surface area contributed by atoms with E-state index in [1.165, 1.54) is 0 Å². The molecule has 1 atom stereocenters. The zero-order chi connectivity index (χ0) is 13.3. The molecule has 0 aromatic heterocycles. The fourth-order valence-corrected chi connectivity index (χ4v) is 2.70. The molecule has 2 rings (SSSR count). The summed E-state index contributed by atoms with van der Waals surface area (Å²) < 4.78 is 6.17. The van der Waals surface area contributed by atoms with Gasteiger partial charge >= 0.3 is 0 Å². The number of aliphatic hydroxyl groups excluding tert-OH is 1. The van der Waals surface area contributed by atoms with E-state index < -0.39 is 0 Å². The van der Waals surface area contributed by atoms with E-state index in [9.17, 15) is 5.11 Å². The number of hydrogen-bond donors (Lipinski definition) is 2. The lowest BCUT2D eigenvalue weighted by molar-refractivity contribution is 0.0479. The number of aromatic hydroxyl groups is 1. The highest BCUT2D eigenvalue weighted by Gasteiger charge is 2.33. The lowest BCUT2D eigenvalue weighted by atomic mass is 9.86. The first kappa shape index (κ1) is 13.2. The minimum Gasteiger partial charge on any atom is -0.508 e. The third-order valence-corrected chi connectivity index (χ3v) is 3.94. The second-order valence-corrected chi connectivity index (χ2v) is 5.52. The van der Waals surface area contributed by atoms with Crippen LogP contribution in [0.25, 0.3) is 0 Å². The van der Waals surface area contributed by atoms with Crippen LogP contribution in [0.4, 0.5) is 0 Å². The summed E-state index contributed by atoms with van der Waals surface area (Å²) in [6, 6.07) is 1.77. The molecule has 0 amide bonds. The van der Waals surface area contributed by atoms with Gasteiger partial charge in [0, 0.05) is 12.2 Å². The largest absolute Gasteiger partial charge is 0.508 e. The van der Waals surface area contributed by atoms with Crippen LogP contribution in [-0.4, -0.2) is 22.4 Å². The van der Waals surface area contributed by atoms with Gasteiger partial charge in [0.2, 0.25) is 0 Å². The van der Waals surface area contributed by atoms with Crippen molar-refractivity contribution in [3.8, 4) is 11.5 Å². The van der Waals surface area contributed by atoms with Gasteiger partial charge in [-0.3, -0.25) is 0 Å². The second kappa shape index (κ2) is 4.81. The minimum absolute atomic E-state index is 0.191. The van der Waals surface area contributed by atoms with E-state index in [2.05, 4.69) is 6.92 Å². The van der Waals surface area contributed by atoms with E-state index >= 15 is 0 Å². The first-order valence-corrected chi connectivity index (χ1v) is 6.59. The molecular formula is C15H22O3. The van der Waals surface area contributed by atoms with Crippen LogP contribution in [0.15, 0.2) is 6.07 Å². The average molecular weight is 250 g/mol. The van der Waals surface area contributed by atoms with Crippen molar-refractivity contribution in [1.29, 1.82) is 0 Å².